The molecule has 0 aliphatic heterocycles. The first-order valence-electron chi connectivity index (χ1n) is 3.24. The van der Waals surface area contributed by atoms with Crippen molar-refractivity contribution in [2.24, 2.45) is 0 Å². The minimum Gasteiger partial charge on any atom is -0.221 e. The second-order valence-electron chi connectivity index (χ2n) is 1.88. The highest BCUT2D eigenvalue weighted by Gasteiger charge is 1.92. The molecule has 0 radical (unpaired) electrons. The molecule has 0 N–H and O–H groups in total. The van der Waals surface area contributed by atoms with Crippen LogP contribution >= 0.6 is 11.6 Å². The van der Waals surface area contributed by atoms with E-state index in [0.29, 0.717) is 10.5 Å². The Morgan fingerprint density at radius 3 is 3.50 bits per heavy atom. The summed E-state index contributed by atoms with van der Waals surface area (Å²) in [5, 5.41) is 7.83. The number of fused-ring (bicyclic) bond motifs is 1. The predicted octanol–water partition coefficient (Wildman–Crippen LogP) is 1.38. The van der Waals surface area contributed by atoms with E-state index in [9.17, 15) is 0 Å². The van der Waals surface area contributed by atoms with E-state index in [1.807, 2.05) is 0 Å². The van der Waals surface area contributed by atoms with Crippen LogP contribution in [0.3, 0.4) is 0 Å². The SMILES string of the molecule is [2H]c1nnn2ccc(Cl)cc12. The fraction of sp³-hybridized carbons (Fsp3) is 0. The zero-order valence-electron chi connectivity index (χ0n) is 5.95. The monoisotopic (exact) mass is 154 g/mol. The van der Waals surface area contributed by atoms with Gasteiger partial charge in [0, 0.05) is 11.2 Å². The van der Waals surface area contributed by atoms with Gasteiger partial charge >= 0.3 is 0 Å². The van der Waals surface area contributed by atoms with E-state index in [2.05, 4.69) is 10.3 Å². The van der Waals surface area contributed by atoms with E-state index < -0.39 is 0 Å². The van der Waals surface area contributed by atoms with Gasteiger partial charge in [0.05, 0.1) is 13.1 Å². The summed E-state index contributed by atoms with van der Waals surface area (Å²) >= 11 is 5.70. The second-order valence-corrected chi connectivity index (χ2v) is 2.31. The molecule has 2 rings (SSSR count). The Bertz CT molecular complexity index is 398. The van der Waals surface area contributed by atoms with Crippen molar-refractivity contribution in [3.63, 3.8) is 0 Å². The molecule has 0 amide bonds. The van der Waals surface area contributed by atoms with Gasteiger partial charge in [-0.05, 0) is 12.1 Å². The van der Waals surface area contributed by atoms with Crippen LogP contribution in [0.2, 0.25) is 5.02 Å². The van der Waals surface area contributed by atoms with Crippen molar-refractivity contribution in [1.29, 1.82) is 0 Å². The van der Waals surface area contributed by atoms with Gasteiger partial charge in [0.1, 0.15) is 0 Å². The van der Waals surface area contributed by atoms with Crippen LogP contribution in [0.5, 0.6) is 0 Å². The van der Waals surface area contributed by atoms with Gasteiger partial charge in [0.15, 0.2) is 0 Å². The van der Waals surface area contributed by atoms with Crippen LogP contribution in [-0.2, 0) is 0 Å². The lowest BCUT2D eigenvalue weighted by atomic mass is 10.4. The van der Waals surface area contributed by atoms with Gasteiger partial charge in [0.25, 0.3) is 0 Å². The Kier molecular flexibility index (Phi) is 0.914. The molecule has 0 bridgehead atoms. The molecule has 50 valence electrons. The van der Waals surface area contributed by atoms with Crippen molar-refractivity contribution in [3.05, 3.63) is 29.5 Å². The maximum atomic E-state index is 7.29. The molecule has 0 atom stereocenters. The summed E-state index contributed by atoms with van der Waals surface area (Å²) in [5.41, 5.74) is 0.623. The van der Waals surface area contributed by atoms with E-state index in [4.69, 9.17) is 13.0 Å². The molecule has 2 heterocycles. The third-order valence-corrected chi connectivity index (χ3v) is 1.44. The molecule has 0 fully saturated rings. The molecule has 3 nitrogen and oxygen atoms in total. The summed E-state index contributed by atoms with van der Waals surface area (Å²) < 4.78 is 8.80. The first-order chi connectivity index (χ1) is 5.27. The molecule has 2 aromatic heterocycles. The Hall–Kier alpha value is -1.09. The van der Waals surface area contributed by atoms with Crippen molar-refractivity contribution >= 4 is 17.1 Å². The van der Waals surface area contributed by atoms with E-state index in [-0.39, 0.29) is 6.17 Å². The number of hydrogen-bond acceptors (Lipinski definition) is 2. The highest BCUT2D eigenvalue weighted by Crippen LogP contribution is 2.09. The van der Waals surface area contributed by atoms with Crippen molar-refractivity contribution in [1.82, 2.24) is 14.8 Å². The summed E-state index contributed by atoms with van der Waals surface area (Å²) in [6, 6.07) is 3.35. The number of aromatic nitrogens is 3. The van der Waals surface area contributed by atoms with Crippen LogP contribution in [0.4, 0.5) is 0 Å². The maximum Gasteiger partial charge on any atom is 0.0884 e. The van der Waals surface area contributed by atoms with E-state index >= 15 is 0 Å². The van der Waals surface area contributed by atoms with Crippen LogP contribution in [0.25, 0.3) is 5.52 Å². The Morgan fingerprint density at radius 2 is 2.60 bits per heavy atom. The van der Waals surface area contributed by atoms with E-state index in [1.54, 1.807) is 18.3 Å². The van der Waals surface area contributed by atoms with Crippen LogP contribution in [0.15, 0.2) is 24.5 Å². The maximum absolute atomic E-state index is 7.29. The molecule has 0 saturated carbocycles. The van der Waals surface area contributed by atoms with Crippen LogP contribution in [-0.4, -0.2) is 14.8 Å². The van der Waals surface area contributed by atoms with Gasteiger partial charge < -0.3 is 0 Å². The highest BCUT2D eigenvalue weighted by molar-refractivity contribution is 6.30. The average molecular weight is 155 g/mol. The number of hydrogen-bond donors (Lipinski definition) is 0. The second kappa shape index (κ2) is 1.95. The lowest BCUT2D eigenvalue weighted by molar-refractivity contribution is 0.855. The summed E-state index contributed by atoms with van der Waals surface area (Å²) in [7, 11) is 0. The van der Waals surface area contributed by atoms with Gasteiger partial charge in [0.2, 0.25) is 0 Å². The molecule has 0 spiro atoms. The summed E-state index contributed by atoms with van der Waals surface area (Å²) in [5.74, 6) is 0. The van der Waals surface area contributed by atoms with Crippen molar-refractivity contribution in [3.8, 4) is 0 Å². The zero-order valence-corrected chi connectivity index (χ0v) is 5.71. The smallest absolute Gasteiger partial charge is 0.0884 e. The highest BCUT2D eigenvalue weighted by atomic mass is 35.5. The van der Waals surface area contributed by atoms with E-state index in [1.165, 1.54) is 4.52 Å². The quantitative estimate of drug-likeness (QED) is 0.574. The summed E-state index contributed by atoms with van der Waals surface area (Å²) in [4.78, 5) is 0. The Balaban J connectivity index is 2.87. The molecular weight excluding hydrogens is 150 g/mol. The molecule has 0 aromatic carbocycles. The first kappa shape index (κ1) is 4.68. The number of rotatable bonds is 0. The van der Waals surface area contributed by atoms with Crippen molar-refractivity contribution in [2.75, 3.05) is 0 Å². The number of halogens is 1. The Morgan fingerprint density at radius 1 is 1.70 bits per heavy atom. The van der Waals surface area contributed by atoms with Crippen molar-refractivity contribution < 1.29 is 1.37 Å². The van der Waals surface area contributed by atoms with Crippen molar-refractivity contribution in [2.45, 2.75) is 0 Å². The fourth-order valence-corrected chi connectivity index (χ4v) is 0.910. The molecule has 0 unspecified atom stereocenters. The van der Waals surface area contributed by atoms with Gasteiger partial charge in [-0.25, -0.2) is 4.52 Å². The minimum atomic E-state index is 0.146. The molecular formula is C6H4ClN3. The van der Waals surface area contributed by atoms with Crippen LogP contribution < -0.4 is 0 Å². The average Bonchev–Trinajstić information content (AvgIpc) is 2.33. The largest absolute Gasteiger partial charge is 0.221 e. The summed E-state index contributed by atoms with van der Waals surface area (Å²) in [6.07, 6.45) is 1.82. The standard InChI is InChI=1S/C6H4ClN3/c7-5-1-2-10-6(3-5)4-8-9-10/h1-4H/i4D. The van der Waals surface area contributed by atoms with Gasteiger partial charge in [-0.3, -0.25) is 0 Å². The lowest BCUT2D eigenvalue weighted by Crippen LogP contribution is -1.84. The fourth-order valence-electron chi connectivity index (χ4n) is 0.750. The predicted molar refractivity (Wildman–Crippen MR) is 38.0 cm³/mol. The topological polar surface area (TPSA) is 30.2 Å². The normalized spacial score (nSPS) is 11.9. The molecule has 10 heavy (non-hydrogen) atoms. The third kappa shape index (κ3) is 0.752. The molecule has 2 aromatic rings. The molecule has 0 aliphatic rings. The summed E-state index contributed by atoms with van der Waals surface area (Å²) in [6.45, 7) is 0. The number of pyridine rings is 1. The van der Waals surface area contributed by atoms with Gasteiger partial charge in [-0.1, -0.05) is 16.8 Å². The van der Waals surface area contributed by atoms with Gasteiger partial charge in [-0.15, -0.1) is 5.10 Å². The molecule has 0 aliphatic carbocycles. The zero-order chi connectivity index (χ0) is 7.84. The number of nitrogens with zero attached hydrogens (tertiary/aromatic N) is 3. The first-order valence-corrected chi connectivity index (χ1v) is 3.12. The molecule has 0 saturated heterocycles. The third-order valence-electron chi connectivity index (χ3n) is 1.20. The Labute approximate surface area is 63.6 Å². The minimum absolute atomic E-state index is 0.146. The van der Waals surface area contributed by atoms with Crippen LogP contribution in [0.1, 0.15) is 1.37 Å². The molecule has 4 heteroatoms. The van der Waals surface area contributed by atoms with Gasteiger partial charge in [-0.2, -0.15) is 0 Å². The lowest BCUT2D eigenvalue weighted by Gasteiger charge is -1.89. The van der Waals surface area contributed by atoms with Crippen LogP contribution in [0, 0.1) is 0 Å². The van der Waals surface area contributed by atoms with E-state index in [0.717, 1.165) is 0 Å².